The monoisotopic (exact) mass is 495 g/mol. The Balaban J connectivity index is 1.23. The molecule has 1 aromatic heterocycles. The molecule has 2 aromatic carbocycles. The predicted octanol–water partition coefficient (Wildman–Crippen LogP) is 4.58. The number of thiophene rings is 1. The van der Waals surface area contributed by atoms with Gasteiger partial charge in [-0.15, -0.1) is 11.3 Å². The SMILES string of the molecule is O=C(NCC1C=C(c2ccc(-c3ccccc3CN3CCOCC3)cc2)NO1)c1ccc(Cl)s1. The molecule has 0 spiro atoms. The van der Waals surface area contributed by atoms with Crippen LogP contribution in [0, 0.1) is 0 Å². The third-order valence-corrected chi connectivity index (χ3v) is 7.19. The maximum atomic E-state index is 12.2. The molecule has 1 unspecified atom stereocenters. The van der Waals surface area contributed by atoms with E-state index in [1.54, 1.807) is 12.1 Å². The van der Waals surface area contributed by atoms with Crippen LogP contribution >= 0.6 is 22.9 Å². The largest absolute Gasteiger partial charge is 0.379 e. The molecule has 8 heteroatoms. The molecule has 0 saturated carbocycles. The van der Waals surface area contributed by atoms with E-state index in [1.807, 2.05) is 6.08 Å². The molecule has 2 N–H and O–H groups in total. The fourth-order valence-corrected chi connectivity index (χ4v) is 5.09. The first kappa shape index (κ1) is 23.1. The van der Waals surface area contributed by atoms with Crippen LogP contribution in [0.1, 0.15) is 20.8 Å². The minimum absolute atomic E-state index is 0.151. The summed E-state index contributed by atoms with van der Waals surface area (Å²) in [5.74, 6) is -0.151. The van der Waals surface area contributed by atoms with Crippen molar-refractivity contribution in [2.45, 2.75) is 12.6 Å². The van der Waals surface area contributed by atoms with Crippen molar-refractivity contribution in [3.8, 4) is 11.1 Å². The zero-order chi connectivity index (χ0) is 23.3. The molecule has 176 valence electrons. The lowest BCUT2D eigenvalue weighted by atomic mass is 9.97. The summed E-state index contributed by atoms with van der Waals surface area (Å²) in [6.07, 6.45) is 1.74. The lowest BCUT2D eigenvalue weighted by Gasteiger charge is -2.27. The van der Waals surface area contributed by atoms with Crippen molar-refractivity contribution in [3.63, 3.8) is 0 Å². The first-order chi connectivity index (χ1) is 16.7. The molecular formula is C26H26ClN3O3S. The zero-order valence-corrected chi connectivity index (χ0v) is 20.2. The van der Waals surface area contributed by atoms with E-state index < -0.39 is 0 Å². The summed E-state index contributed by atoms with van der Waals surface area (Å²) in [4.78, 5) is 20.9. The van der Waals surface area contributed by atoms with Crippen molar-refractivity contribution in [1.29, 1.82) is 0 Å². The van der Waals surface area contributed by atoms with Crippen LogP contribution in [0.4, 0.5) is 0 Å². The van der Waals surface area contributed by atoms with E-state index in [0.717, 1.165) is 44.1 Å². The smallest absolute Gasteiger partial charge is 0.261 e. The van der Waals surface area contributed by atoms with E-state index in [9.17, 15) is 4.79 Å². The average Bonchev–Trinajstić information content (AvgIpc) is 3.53. The van der Waals surface area contributed by atoms with E-state index in [0.29, 0.717) is 15.8 Å². The molecule has 1 saturated heterocycles. The number of hydrogen-bond donors (Lipinski definition) is 2. The number of carbonyl (C=O) groups is 1. The highest BCUT2D eigenvalue weighted by atomic mass is 35.5. The van der Waals surface area contributed by atoms with E-state index in [1.165, 1.54) is 28.0 Å². The predicted molar refractivity (Wildman–Crippen MR) is 136 cm³/mol. The number of halogens is 1. The minimum atomic E-state index is -0.247. The fraction of sp³-hybridized carbons (Fsp3) is 0.269. The van der Waals surface area contributed by atoms with Crippen molar-refractivity contribution in [2.75, 3.05) is 32.8 Å². The molecule has 0 bridgehead atoms. The number of rotatable bonds is 7. The van der Waals surface area contributed by atoms with Gasteiger partial charge in [-0.25, -0.2) is 0 Å². The Morgan fingerprint density at radius 3 is 2.59 bits per heavy atom. The van der Waals surface area contributed by atoms with Crippen LogP contribution in [0.3, 0.4) is 0 Å². The second kappa shape index (κ2) is 10.7. The first-order valence-corrected chi connectivity index (χ1v) is 12.5. The van der Waals surface area contributed by atoms with Crippen molar-refractivity contribution < 1.29 is 14.4 Å². The van der Waals surface area contributed by atoms with Crippen molar-refractivity contribution >= 4 is 34.5 Å². The van der Waals surface area contributed by atoms with Gasteiger partial charge in [-0.05, 0) is 40.5 Å². The maximum Gasteiger partial charge on any atom is 0.261 e. The molecule has 3 heterocycles. The van der Waals surface area contributed by atoms with E-state index in [2.05, 4.69) is 64.2 Å². The molecule has 6 nitrogen and oxygen atoms in total. The average molecular weight is 496 g/mol. The normalized spacial score (nSPS) is 18.4. The molecule has 3 aromatic rings. The summed E-state index contributed by atoms with van der Waals surface area (Å²) in [5.41, 5.74) is 8.67. The van der Waals surface area contributed by atoms with Gasteiger partial charge in [0.05, 0.1) is 34.7 Å². The number of benzene rings is 2. The Morgan fingerprint density at radius 2 is 1.82 bits per heavy atom. The third kappa shape index (κ3) is 5.51. The molecule has 2 aliphatic rings. The van der Waals surface area contributed by atoms with Crippen LogP contribution in [0.25, 0.3) is 16.8 Å². The quantitative estimate of drug-likeness (QED) is 0.502. The van der Waals surface area contributed by atoms with Gasteiger partial charge >= 0.3 is 0 Å². The van der Waals surface area contributed by atoms with Gasteiger partial charge in [-0.3, -0.25) is 20.0 Å². The Bertz CT molecular complexity index is 1170. The number of nitrogens with one attached hydrogen (secondary N) is 2. The lowest BCUT2D eigenvalue weighted by Crippen LogP contribution is -2.35. The summed E-state index contributed by atoms with van der Waals surface area (Å²) in [6, 6.07) is 20.5. The van der Waals surface area contributed by atoms with Gasteiger partial charge in [-0.1, -0.05) is 60.1 Å². The molecule has 1 atom stereocenters. The fourth-order valence-electron chi connectivity index (χ4n) is 4.13. The summed E-state index contributed by atoms with van der Waals surface area (Å²) >= 11 is 7.17. The maximum absolute atomic E-state index is 12.2. The third-order valence-electron chi connectivity index (χ3n) is 5.96. The second-order valence-electron chi connectivity index (χ2n) is 8.28. The summed E-state index contributed by atoms with van der Waals surface area (Å²) in [7, 11) is 0. The van der Waals surface area contributed by atoms with Crippen molar-refractivity contribution in [2.24, 2.45) is 0 Å². The van der Waals surface area contributed by atoms with Gasteiger partial charge in [0.15, 0.2) is 0 Å². The zero-order valence-electron chi connectivity index (χ0n) is 18.6. The number of carbonyl (C=O) groups excluding carboxylic acids is 1. The lowest BCUT2D eigenvalue weighted by molar-refractivity contribution is 0.0342. The highest BCUT2D eigenvalue weighted by Crippen LogP contribution is 2.28. The molecule has 1 fully saturated rings. The summed E-state index contributed by atoms with van der Waals surface area (Å²) in [6.45, 7) is 4.83. The molecule has 34 heavy (non-hydrogen) atoms. The number of amides is 1. The Labute approximate surface area is 208 Å². The van der Waals surface area contributed by atoms with Crippen molar-refractivity contribution in [1.82, 2.24) is 15.7 Å². The Kier molecular flexibility index (Phi) is 7.27. The summed E-state index contributed by atoms with van der Waals surface area (Å²) < 4.78 is 6.08. The number of ether oxygens (including phenoxy) is 1. The van der Waals surface area contributed by atoms with Crippen LogP contribution in [0.2, 0.25) is 4.34 Å². The second-order valence-corrected chi connectivity index (χ2v) is 9.99. The number of hydrogen-bond acceptors (Lipinski definition) is 6. The molecule has 1 amide bonds. The number of hydroxylamine groups is 1. The Hall–Kier alpha value is -2.68. The van der Waals surface area contributed by atoms with Gasteiger partial charge in [0.1, 0.15) is 6.10 Å². The standard InChI is InChI=1S/C26H26ClN3O3S/c27-25-10-9-24(34-25)26(31)28-16-21-15-23(29-33-21)19-7-5-18(6-8-19)22-4-2-1-3-20(22)17-30-11-13-32-14-12-30/h1-10,15,21,29H,11-14,16-17H2,(H,28,31). The van der Waals surface area contributed by atoms with Gasteiger partial charge in [0.2, 0.25) is 0 Å². The number of nitrogens with zero attached hydrogens (tertiary/aromatic N) is 1. The highest BCUT2D eigenvalue weighted by molar-refractivity contribution is 7.18. The van der Waals surface area contributed by atoms with Crippen LogP contribution in [0.5, 0.6) is 0 Å². The van der Waals surface area contributed by atoms with E-state index in [4.69, 9.17) is 21.2 Å². The number of morpholine rings is 1. The Morgan fingerprint density at radius 1 is 1.06 bits per heavy atom. The van der Waals surface area contributed by atoms with E-state index >= 15 is 0 Å². The van der Waals surface area contributed by atoms with E-state index in [-0.39, 0.29) is 12.0 Å². The highest BCUT2D eigenvalue weighted by Gasteiger charge is 2.19. The van der Waals surface area contributed by atoms with Crippen molar-refractivity contribution in [3.05, 3.63) is 87.1 Å². The summed E-state index contributed by atoms with van der Waals surface area (Å²) in [5, 5.41) is 2.89. The minimum Gasteiger partial charge on any atom is -0.379 e. The topological polar surface area (TPSA) is 62.8 Å². The van der Waals surface area contributed by atoms with Crippen LogP contribution < -0.4 is 10.8 Å². The molecule has 0 radical (unpaired) electrons. The van der Waals surface area contributed by atoms with Gasteiger partial charge < -0.3 is 10.1 Å². The molecule has 5 rings (SSSR count). The molecule has 0 aliphatic carbocycles. The first-order valence-electron chi connectivity index (χ1n) is 11.3. The molecule has 2 aliphatic heterocycles. The van der Waals surface area contributed by atoms with Crippen LogP contribution in [-0.2, 0) is 16.1 Å². The van der Waals surface area contributed by atoms with Gasteiger partial charge in [0, 0.05) is 19.6 Å². The van der Waals surface area contributed by atoms with Gasteiger partial charge in [-0.2, -0.15) is 0 Å². The molecular weight excluding hydrogens is 470 g/mol. The van der Waals surface area contributed by atoms with Crippen LogP contribution in [-0.4, -0.2) is 49.8 Å². The van der Waals surface area contributed by atoms with Gasteiger partial charge in [0.25, 0.3) is 5.91 Å². The van der Waals surface area contributed by atoms with Crippen LogP contribution in [0.15, 0.2) is 66.7 Å².